The summed E-state index contributed by atoms with van der Waals surface area (Å²) in [7, 11) is 0. The maximum absolute atomic E-state index is 10.0. The third-order valence-electron chi connectivity index (χ3n) is 2.90. The van der Waals surface area contributed by atoms with Gasteiger partial charge in [0, 0.05) is 18.4 Å². The van der Waals surface area contributed by atoms with E-state index < -0.39 is 6.10 Å². The second-order valence-corrected chi connectivity index (χ2v) is 4.44. The van der Waals surface area contributed by atoms with E-state index in [2.05, 4.69) is 22.1 Å². The van der Waals surface area contributed by atoms with Crippen LogP contribution in [0.4, 0.5) is 0 Å². The molecule has 19 heavy (non-hydrogen) atoms. The molecule has 3 N–H and O–H groups in total. The molecule has 0 aliphatic heterocycles. The largest absolute Gasteiger partial charge is 0.418 e. The van der Waals surface area contributed by atoms with Crippen LogP contribution in [0.25, 0.3) is 11.5 Å². The first-order valence-corrected chi connectivity index (χ1v) is 6.39. The Balaban J connectivity index is 2.08. The van der Waals surface area contributed by atoms with Gasteiger partial charge in [-0.25, -0.2) is 0 Å². The monoisotopic (exact) mass is 262 g/mol. The summed E-state index contributed by atoms with van der Waals surface area (Å²) in [6.45, 7) is 2.08. The lowest BCUT2D eigenvalue weighted by Gasteiger charge is -2.14. The Kier molecular flexibility index (Phi) is 4.59. The van der Waals surface area contributed by atoms with Crippen LogP contribution >= 0.6 is 0 Å². The minimum atomic E-state index is -0.926. The maximum atomic E-state index is 10.0. The highest BCUT2D eigenvalue weighted by molar-refractivity contribution is 5.49. The van der Waals surface area contributed by atoms with Gasteiger partial charge in [-0.15, -0.1) is 10.2 Å². The Bertz CT molecular complexity index is 500. The molecule has 0 aliphatic carbocycles. The van der Waals surface area contributed by atoms with Crippen molar-refractivity contribution in [2.75, 3.05) is 0 Å². The molecular formula is C13H18N4O2. The predicted octanol–water partition coefficient (Wildman–Crippen LogP) is 1.68. The Labute approximate surface area is 111 Å². The van der Waals surface area contributed by atoms with Gasteiger partial charge in [0.2, 0.25) is 11.8 Å². The molecule has 0 fully saturated rings. The number of unbranched alkanes of at least 4 members (excludes halogenated alkanes) is 1. The van der Waals surface area contributed by atoms with Crippen LogP contribution in [0.15, 0.2) is 28.9 Å². The van der Waals surface area contributed by atoms with Crippen molar-refractivity contribution < 1.29 is 9.52 Å². The molecule has 2 unspecified atom stereocenters. The second-order valence-electron chi connectivity index (χ2n) is 4.44. The van der Waals surface area contributed by atoms with Crippen molar-refractivity contribution in [3.63, 3.8) is 0 Å². The summed E-state index contributed by atoms with van der Waals surface area (Å²) in [5.74, 6) is 0.493. The molecule has 0 amide bonds. The van der Waals surface area contributed by atoms with E-state index in [1.165, 1.54) is 0 Å². The molecule has 2 rings (SSSR count). The highest BCUT2D eigenvalue weighted by Crippen LogP contribution is 2.22. The van der Waals surface area contributed by atoms with E-state index in [1.807, 2.05) is 6.07 Å². The highest BCUT2D eigenvalue weighted by atomic mass is 16.4. The van der Waals surface area contributed by atoms with Gasteiger partial charge >= 0.3 is 0 Å². The first kappa shape index (κ1) is 13.6. The lowest BCUT2D eigenvalue weighted by molar-refractivity contribution is 0.111. The van der Waals surface area contributed by atoms with Crippen molar-refractivity contribution >= 4 is 0 Å². The molecule has 0 aromatic carbocycles. The molecule has 2 aromatic rings. The summed E-state index contributed by atoms with van der Waals surface area (Å²) in [5, 5.41) is 17.8. The van der Waals surface area contributed by atoms with Crippen molar-refractivity contribution in [2.45, 2.75) is 38.3 Å². The first-order valence-electron chi connectivity index (χ1n) is 6.39. The minimum absolute atomic E-state index is 0.155. The summed E-state index contributed by atoms with van der Waals surface area (Å²) in [5.41, 5.74) is 6.61. The van der Waals surface area contributed by atoms with Crippen LogP contribution in [-0.4, -0.2) is 26.3 Å². The minimum Gasteiger partial charge on any atom is -0.418 e. The molecule has 0 saturated heterocycles. The molecule has 6 nitrogen and oxygen atoms in total. The molecule has 0 saturated carbocycles. The lowest BCUT2D eigenvalue weighted by atomic mass is 10.1. The van der Waals surface area contributed by atoms with Gasteiger partial charge < -0.3 is 15.3 Å². The smallest absolute Gasteiger partial charge is 0.249 e. The summed E-state index contributed by atoms with van der Waals surface area (Å²) >= 11 is 0. The van der Waals surface area contributed by atoms with E-state index in [4.69, 9.17) is 10.2 Å². The van der Waals surface area contributed by atoms with Gasteiger partial charge in [0.25, 0.3) is 0 Å². The topological polar surface area (TPSA) is 98.1 Å². The normalized spacial score (nSPS) is 14.3. The molecule has 2 atom stereocenters. The average Bonchev–Trinajstić information content (AvgIpc) is 2.94. The van der Waals surface area contributed by atoms with Gasteiger partial charge in [-0.1, -0.05) is 19.8 Å². The number of nitrogens with zero attached hydrogens (tertiary/aromatic N) is 3. The second kappa shape index (κ2) is 6.40. The van der Waals surface area contributed by atoms with E-state index in [0.717, 1.165) is 24.8 Å². The standard InChI is InChI=1S/C13H18N4O2/c1-2-3-6-10(14)11(18)13-17-16-12(19-13)9-5-4-7-15-8-9/h4-5,7-8,10-11,18H,2-3,6,14H2,1H3. The zero-order chi connectivity index (χ0) is 13.7. The SMILES string of the molecule is CCCCC(N)C(O)c1nnc(-c2cccnc2)o1. The summed E-state index contributed by atoms with van der Waals surface area (Å²) < 4.78 is 5.44. The maximum Gasteiger partial charge on any atom is 0.249 e. The van der Waals surface area contributed by atoms with Crippen molar-refractivity contribution in [1.29, 1.82) is 0 Å². The number of hydrogen-bond acceptors (Lipinski definition) is 6. The van der Waals surface area contributed by atoms with Gasteiger partial charge in [-0.05, 0) is 18.6 Å². The average molecular weight is 262 g/mol. The summed E-state index contributed by atoms with van der Waals surface area (Å²) in [4.78, 5) is 3.98. The number of rotatable bonds is 6. The molecule has 0 radical (unpaired) electrons. The Morgan fingerprint density at radius 1 is 1.42 bits per heavy atom. The van der Waals surface area contributed by atoms with Gasteiger partial charge in [0.15, 0.2) is 0 Å². The third-order valence-corrected chi connectivity index (χ3v) is 2.90. The Morgan fingerprint density at radius 3 is 2.95 bits per heavy atom. The number of aliphatic hydroxyl groups excluding tert-OH is 1. The van der Waals surface area contributed by atoms with Gasteiger partial charge in [-0.3, -0.25) is 4.98 Å². The molecule has 2 aromatic heterocycles. The van der Waals surface area contributed by atoms with Crippen molar-refractivity contribution in [3.05, 3.63) is 30.4 Å². The van der Waals surface area contributed by atoms with E-state index in [-0.39, 0.29) is 11.9 Å². The number of aromatic nitrogens is 3. The van der Waals surface area contributed by atoms with Gasteiger partial charge in [0.05, 0.1) is 5.56 Å². The fraction of sp³-hybridized carbons (Fsp3) is 0.462. The van der Waals surface area contributed by atoms with Gasteiger partial charge in [0.1, 0.15) is 6.10 Å². The number of aliphatic hydroxyl groups is 1. The van der Waals surface area contributed by atoms with Crippen LogP contribution in [0.3, 0.4) is 0 Å². The van der Waals surface area contributed by atoms with E-state index in [0.29, 0.717) is 5.89 Å². The van der Waals surface area contributed by atoms with Crippen LogP contribution in [0.5, 0.6) is 0 Å². The molecule has 0 spiro atoms. The van der Waals surface area contributed by atoms with Crippen molar-refractivity contribution in [3.8, 4) is 11.5 Å². The Morgan fingerprint density at radius 2 is 2.26 bits per heavy atom. The number of hydrogen-bond donors (Lipinski definition) is 2. The van der Waals surface area contributed by atoms with Crippen LogP contribution in [0.2, 0.25) is 0 Å². The van der Waals surface area contributed by atoms with Gasteiger partial charge in [-0.2, -0.15) is 0 Å². The molecular weight excluding hydrogens is 244 g/mol. The number of nitrogens with two attached hydrogens (primary N) is 1. The van der Waals surface area contributed by atoms with Crippen LogP contribution in [-0.2, 0) is 0 Å². The van der Waals surface area contributed by atoms with Crippen LogP contribution in [0.1, 0.15) is 38.2 Å². The first-order chi connectivity index (χ1) is 9.22. The zero-order valence-electron chi connectivity index (χ0n) is 10.9. The Hall–Kier alpha value is -1.79. The number of pyridine rings is 1. The highest BCUT2D eigenvalue weighted by Gasteiger charge is 2.22. The van der Waals surface area contributed by atoms with E-state index in [9.17, 15) is 5.11 Å². The quantitative estimate of drug-likeness (QED) is 0.822. The fourth-order valence-corrected chi connectivity index (χ4v) is 1.74. The molecule has 102 valence electrons. The van der Waals surface area contributed by atoms with Crippen LogP contribution < -0.4 is 5.73 Å². The van der Waals surface area contributed by atoms with Crippen molar-refractivity contribution in [2.24, 2.45) is 5.73 Å². The molecule has 6 heteroatoms. The van der Waals surface area contributed by atoms with Crippen LogP contribution in [0, 0.1) is 0 Å². The summed E-state index contributed by atoms with van der Waals surface area (Å²) in [6, 6.07) is 3.21. The van der Waals surface area contributed by atoms with Crippen molar-refractivity contribution in [1.82, 2.24) is 15.2 Å². The molecule has 0 aliphatic rings. The predicted molar refractivity (Wildman–Crippen MR) is 70.0 cm³/mol. The van der Waals surface area contributed by atoms with E-state index in [1.54, 1.807) is 18.5 Å². The third kappa shape index (κ3) is 3.36. The summed E-state index contributed by atoms with van der Waals surface area (Å²) in [6.07, 6.45) is 5.08. The molecule has 2 heterocycles. The van der Waals surface area contributed by atoms with E-state index >= 15 is 0 Å². The fourth-order valence-electron chi connectivity index (χ4n) is 1.74. The molecule has 0 bridgehead atoms. The zero-order valence-corrected chi connectivity index (χ0v) is 10.9. The lowest BCUT2D eigenvalue weighted by Crippen LogP contribution is -2.28.